The van der Waals surface area contributed by atoms with Crippen molar-refractivity contribution in [3.05, 3.63) is 16.6 Å². The Morgan fingerprint density at radius 3 is 2.76 bits per heavy atom. The van der Waals surface area contributed by atoms with E-state index < -0.39 is 0 Å². The fraction of sp³-hybridized carbons (Fsp3) is 0.533. The lowest BCUT2D eigenvalue weighted by Crippen LogP contribution is -2.39. The van der Waals surface area contributed by atoms with Crippen LogP contribution < -0.4 is 20.1 Å². The lowest BCUT2D eigenvalue weighted by atomic mass is 10.1. The number of amides is 1. The fourth-order valence-corrected chi connectivity index (χ4v) is 3.05. The van der Waals surface area contributed by atoms with E-state index in [-0.39, 0.29) is 11.9 Å². The van der Waals surface area contributed by atoms with Crippen molar-refractivity contribution in [3.63, 3.8) is 0 Å². The van der Waals surface area contributed by atoms with Crippen LogP contribution >= 0.6 is 15.9 Å². The third kappa shape index (κ3) is 3.49. The molecule has 1 atom stereocenters. The second-order valence-corrected chi connectivity index (χ2v) is 6.18. The van der Waals surface area contributed by atoms with E-state index in [1.807, 2.05) is 12.1 Å². The SMILES string of the molecule is O=C(Nc1cc2c(cc1Br)OCCO2)C1CCCCCN1. The lowest BCUT2D eigenvalue weighted by molar-refractivity contribution is -0.118. The number of hydrogen-bond acceptors (Lipinski definition) is 4. The van der Waals surface area contributed by atoms with Gasteiger partial charge >= 0.3 is 0 Å². The summed E-state index contributed by atoms with van der Waals surface area (Å²) >= 11 is 3.47. The molecule has 0 radical (unpaired) electrons. The number of halogens is 1. The van der Waals surface area contributed by atoms with Crippen LogP contribution in [0.1, 0.15) is 25.7 Å². The van der Waals surface area contributed by atoms with Gasteiger partial charge in [-0.3, -0.25) is 4.79 Å². The average Bonchev–Trinajstić information content (AvgIpc) is 2.77. The van der Waals surface area contributed by atoms with E-state index >= 15 is 0 Å². The number of carbonyl (C=O) groups excluding carboxylic acids is 1. The maximum Gasteiger partial charge on any atom is 0.241 e. The number of carbonyl (C=O) groups is 1. The van der Waals surface area contributed by atoms with Gasteiger partial charge in [0.05, 0.1) is 11.7 Å². The molecule has 2 aliphatic rings. The van der Waals surface area contributed by atoms with Crippen molar-refractivity contribution in [1.29, 1.82) is 0 Å². The van der Waals surface area contributed by atoms with E-state index in [0.717, 1.165) is 36.0 Å². The smallest absolute Gasteiger partial charge is 0.241 e. The van der Waals surface area contributed by atoms with Crippen LogP contribution in [-0.4, -0.2) is 31.7 Å². The Morgan fingerprint density at radius 1 is 1.19 bits per heavy atom. The molecule has 0 bridgehead atoms. The maximum atomic E-state index is 12.4. The number of hydrogen-bond donors (Lipinski definition) is 2. The largest absolute Gasteiger partial charge is 0.486 e. The van der Waals surface area contributed by atoms with Crippen LogP contribution in [0.5, 0.6) is 11.5 Å². The zero-order valence-electron chi connectivity index (χ0n) is 11.8. The number of nitrogens with one attached hydrogen (secondary N) is 2. The van der Waals surface area contributed by atoms with Crippen LogP contribution in [0.3, 0.4) is 0 Å². The third-order valence-corrected chi connectivity index (χ3v) is 4.42. The predicted octanol–water partition coefficient (Wildman–Crippen LogP) is 2.69. The van der Waals surface area contributed by atoms with Crippen LogP contribution in [0.2, 0.25) is 0 Å². The predicted molar refractivity (Wildman–Crippen MR) is 84.0 cm³/mol. The molecule has 2 N–H and O–H groups in total. The Morgan fingerprint density at radius 2 is 1.95 bits per heavy atom. The van der Waals surface area contributed by atoms with Gasteiger partial charge in [0, 0.05) is 16.6 Å². The zero-order valence-corrected chi connectivity index (χ0v) is 13.4. The first-order chi connectivity index (χ1) is 10.2. The summed E-state index contributed by atoms with van der Waals surface area (Å²) in [7, 11) is 0. The summed E-state index contributed by atoms with van der Waals surface area (Å²) < 4.78 is 11.9. The molecule has 1 fully saturated rings. The molecule has 0 aliphatic carbocycles. The van der Waals surface area contributed by atoms with E-state index in [0.29, 0.717) is 24.7 Å². The molecule has 1 aromatic rings. The first kappa shape index (κ1) is 14.7. The molecule has 5 nitrogen and oxygen atoms in total. The van der Waals surface area contributed by atoms with E-state index in [9.17, 15) is 4.79 Å². The van der Waals surface area contributed by atoms with Crippen LogP contribution in [-0.2, 0) is 4.79 Å². The Kier molecular flexibility index (Phi) is 4.65. The highest BCUT2D eigenvalue weighted by molar-refractivity contribution is 9.10. The number of rotatable bonds is 2. The molecular weight excluding hydrogens is 336 g/mol. The fourth-order valence-electron chi connectivity index (χ4n) is 2.63. The summed E-state index contributed by atoms with van der Waals surface area (Å²) in [5, 5.41) is 6.27. The van der Waals surface area contributed by atoms with E-state index in [2.05, 4.69) is 26.6 Å². The third-order valence-electron chi connectivity index (χ3n) is 3.77. The van der Waals surface area contributed by atoms with Gasteiger partial charge < -0.3 is 20.1 Å². The van der Waals surface area contributed by atoms with Crippen molar-refractivity contribution < 1.29 is 14.3 Å². The van der Waals surface area contributed by atoms with Gasteiger partial charge in [0.25, 0.3) is 0 Å². The second kappa shape index (κ2) is 6.66. The first-order valence-corrected chi connectivity index (χ1v) is 8.17. The summed E-state index contributed by atoms with van der Waals surface area (Å²) in [4.78, 5) is 12.4. The molecule has 0 spiro atoms. The zero-order chi connectivity index (χ0) is 14.7. The molecule has 6 heteroatoms. The number of ether oxygens (including phenoxy) is 2. The minimum Gasteiger partial charge on any atom is -0.486 e. The Hall–Kier alpha value is -1.27. The number of anilines is 1. The minimum atomic E-state index is -0.118. The highest BCUT2D eigenvalue weighted by atomic mass is 79.9. The van der Waals surface area contributed by atoms with Gasteiger partial charge in [-0.2, -0.15) is 0 Å². The molecule has 1 aromatic carbocycles. The quantitative estimate of drug-likeness (QED) is 0.857. The van der Waals surface area contributed by atoms with Crippen molar-refractivity contribution in [2.24, 2.45) is 0 Å². The molecule has 21 heavy (non-hydrogen) atoms. The van der Waals surface area contributed by atoms with Crippen molar-refractivity contribution in [2.75, 3.05) is 25.1 Å². The molecule has 2 aliphatic heterocycles. The van der Waals surface area contributed by atoms with Gasteiger partial charge in [-0.05, 0) is 35.3 Å². The van der Waals surface area contributed by atoms with Crippen LogP contribution in [0, 0.1) is 0 Å². The lowest BCUT2D eigenvalue weighted by Gasteiger charge is -2.21. The molecule has 114 valence electrons. The minimum absolute atomic E-state index is 0.00859. The first-order valence-electron chi connectivity index (χ1n) is 7.37. The molecule has 2 heterocycles. The highest BCUT2D eigenvalue weighted by Crippen LogP contribution is 2.38. The molecule has 0 aromatic heterocycles. The standard InChI is InChI=1S/C15H19BrN2O3/c16-10-8-13-14(21-7-6-20-13)9-12(10)18-15(19)11-4-2-1-3-5-17-11/h8-9,11,17H,1-7H2,(H,18,19). The van der Waals surface area contributed by atoms with Gasteiger partial charge in [0.1, 0.15) is 13.2 Å². The molecule has 3 rings (SSSR count). The Balaban J connectivity index is 1.73. The number of benzene rings is 1. The summed E-state index contributed by atoms with van der Waals surface area (Å²) in [5.41, 5.74) is 0.718. The van der Waals surface area contributed by atoms with Gasteiger partial charge in [-0.15, -0.1) is 0 Å². The molecule has 1 unspecified atom stereocenters. The second-order valence-electron chi connectivity index (χ2n) is 5.32. The van der Waals surface area contributed by atoms with Gasteiger partial charge in [-0.1, -0.05) is 12.8 Å². The van der Waals surface area contributed by atoms with Crippen LogP contribution in [0.25, 0.3) is 0 Å². The molecular formula is C15H19BrN2O3. The molecule has 1 amide bonds. The summed E-state index contributed by atoms with van der Waals surface area (Å²) in [6, 6.07) is 3.53. The van der Waals surface area contributed by atoms with Gasteiger partial charge in [0.15, 0.2) is 11.5 Å². The topological polar surface area (TPSA) is 59.6 Å². The summed E-state index contributed by atoms with van der Waals surface area (Å²) in [6.07, 6.45) is 4.30. The molecule has 0 saturated carbocycles. The normalized spacial score (nSPS) is 21.5. The monoisotopic (exact) mass is 354 g/mol. The van der Waals surface area contributed by atoms with Crippen molar-refractivity contribution in [2.45, 2.75) is 31.7 Å². The Labute approximate surface area is 132 Å². The van der Waals surface area contributed by atoms with E-state index in [4.69, 9.17) is 9.47 Å². The van der Waals surface area contributed by atoms with Crippen LogP contribution in [0.4, 0.5) is 5.69 Å². The average molecular weight is 355 g/mol. The maximum absolute atomic E-state index is 12.4. The molecule has 1 saturated heterocycles. The number of fused-ring (bicyclic) bond motifs is 1. The summed E-state index contributed by atoms with van der Waals surface area (Å²) in [5.74, 6) is 1.39. The highest BCUT2D eigenvalue weighted by Gasteiger charge is 2.21. The van der Waals surface area contributed by atoms with E-state index in [1.54, 1.807) is 0 Å². The van der Waals surface area contributed by atoms with Crippen molar-refractivity contribution >= 4 is 27.5 Å². The summed E-state index contributed by atoms with van der Waals surface area (Å²) in [6.45, 7) is 1.99. The van der Waals surface area contributed by atoms with Crippen molar-refractivity contribution in [1.82, 2.24) is 5.32 Å². The van der Waals surface area contributed by atoms with Crippen LogP contribution in [0.15, 0.2) is 16.6 Å². The van der Waals surface area contributed by atoms with Gasteiger partial charge in [-0.25, -0.2) is 0 Å². The Bertz CT molecular complexity index is 528. The van der Waals surface area contributed by atoms with Gasteiger partial charge in [0.2, 0.25) is 5.91 Å². The van der Waals surface area contributed by atoms with Crippen molar-refractivity contribution in [3.8, 4) is 11.5 Å². The van der Waals surface area contributed by atoms with E-state index in [1.165, 1.54) is 6.42 Å².